The Bertz CT molecular complexity index is 471. The smallest absolute Gasteiger partial charge is 0.323 e. The number of hydrogen-bond donors (Lipinski definition) is 2. The number of likely N-dealkylation sites (tertiary alicyclic amines) is 1. The minimum atomic E-state index is -0.916. The van der Waals surface area contributed by atoms with Gasteiger partial charge in [-0.15, -0.1) is 0 Å². The zero-order valence-corrected chi connectivity index (χ0v) is 10.9. The van der Waals surface area contributed by atoms with Crippen LogP contribution < -0.4 is 0 Å². The van der Waals surface area contributed by atoms with Gasteiger partial charge in [-0.3, -0.25) is 9.69 Å². The van der Waals surface area contributed by atoms with Crippen LogP contribution in [0.2, 0.25) is 0 Å². The highest BCUT2D eigenvalue weighted by atomic mass is 19.1. The fourth-order valence-electron chi connectivity index (χ4n) is 2.62. The topological polar surface area (TPSA) is 60.8 Å². The first kappa shape index (κ1) is 13.8. The van der Waals surface area contributed by atoms with Crippen molar-refractivity contribution in [1.29, 1.82) is 0 Å². The zero-order valence-electron chi connectivity index (χ0n) is 10.9. The van der Waals surface area contributed by atoms with Crippen LogP contribution in [0.5, 0.6) is 5.75 Å². The van der Waals surface area contributed by atoms with E-state index in [1.807, 2.05) is 4.90 Å². The predicted molar refractivity (Wildman–Crippen MR) is 68.4 cm³/mol. The second-order valence-corrected chi connectivity index (χ2v) is 5.28. The van der Waals surface area contributed by atoms with Crippen molar-refractivity contribution in [3.8, 4) is 5.75 Å². The molecule has 1 aromatic carbocycles. The molecule has 1 aliphatic heterocycles. The van der Waals surface area contributed by atoms with E-state index in [2.05, 4.69) is 0 Å². The number of phenols is 1. The number of hydrogen-bond acceptors (Lipinski definition) is 3. The first-order chi connectivity index (χ1) is 8.91. The van der Waals surface area contributed by atoms with Crippen molar-refractivity contribution in [3.63, 3.8) is 0 Å². The number of phenolic OH excluding ortho intramolecular Hbond substituents is 1. The molecule has 19 heavy (non-hydrogen) atoms. The molecule has 5 heteroatoms. The van der Waals surface area contributed by atoms with Gasteiger partial charge >= 0.3 is 5.97 Å². The first-order valence-corrected chi connectivity index (χ1v) is 6.39. The number of rotatable bonds is 3. The molecule has 4 nitrogen and oxygen atoms in total. The average Bonchev–Trinajstić information content (AvgIpc) is 2.30. The lowest BCUT2D eigenvalue weighted by molar-refractivity contribution is -0.153. The molecule has 0 radical (unpaired) electrons. The quantitative estimate of drug-likeness (QED) is 0.882. The van der Waals surface area contributed by atoms with Gasteiger partial charge in [0.05, 0.1) is 0 Å². The van der Waals surface area contributed by atoms with E-state index in [1.54, 1.807) is 6.92 Å². The van der Waals surface area contributed by atoms with Gasteiger partial charge in [-0.05, 0) is 50.4 Å². The van der Waals surface area contributed by atoms with Crippen LogP contribution in [0.25, 0.3) is 0 Å². The third kappa shape index (κ3) is 2.87. The van der Waals surface area contributed by atoms with Gasteiger partial charge in [0, 0.05) is 12.6 Å². The second-order valence-electron chi connectivity index (χ2n) is 5.28. The maximum atomic E-state index is 13.2. The van der Waals surface area contributed by atoms with E-state index in [9.17, 15) is 19.4 Å². The molecule has 0 saturated carbocycles. The Hall–Kier alpha value is -1.62. The highest BCUT2D eigenvalue weighted by molar-refractivity contribution is 5.78. The van der Waals surface area contributed by atoms with Crippen LogP contribution in [0.4, 0.5) is 4.39 Å². The summed E-state index contributed by atoms with van der Waals surface area (Å²) < 4.78 is 13.2. The van der Waals surface area contributed by atoms with Crippen LogP contribution in [0.3, 0.4) is 0 Å². The Morgan fingerprint density at radius 2 is 2.16 bits per heavy atom. The van der Waals surface area contributed by atoms with Gasteiger partial charge in [-0.2, -0.15) is 0 Å². The Morgan fingerprint density at radius 1 is 1.42 bits per heavy atom. The highest BCUT2D eigenvalue weighted by Gasteiger charge is 2.41. The molecular formula is C14H18FNO3. The van der Waals surface area contributed by atoms with E-state index in [0.717, 1.165) is 18.9 Å². The third-order valence-electron chi connectivity index (χ3n) is 3.82. The third-order valence-corrected chi connectivity index (χ3v) is 3.82. The van der Waals surface area contributed by atoms with Crippen LogP contribution in [0.1, 0.15) is 31.7 Å². The molecule has 0 bridgehead atoms. The molecule has 2 rings (SSSR count). The summed E-state index contributed by atoms with van der Waals surface area (Å²) in [5, 5.41) is 18.8. The van der Waals surface area contributed by atoms with Crippen molar-refractivity contribution in [2.75, 3.05) is 6.54 Å². The molecule has 1 heterocycles. The molecular weight excluding hydrogens is 249 g/mol. The van der Waals surface area contributed by atoms with Crippen molar-refractivity contribution >= 4 is 5.97 Å². The zero-order chi connectivity index (χ0) is 14.0. The maximum absolute atomic E-state index is 13.2. The van der Waals surface area contributed by atoms with Crippen LogP contribution in [0, 0.1) is 5.82 Å². The molecule has 104 valence electrons. The molecule has 0 spiro atoms. The van der Waals surface area contributed by atoms with E-state index >= 15 is 0 Å². The van der Waals surface area contributed by atoms with Crippen LogP contribution in [0.15, 0.2) is 18.2 Å². The van der Waals surface area contributed by atoms with Crippen LogP contribution >= 0.6 is 0 Å². The van der Waals surface area contributed by atoms with Gasteiger partial charge in [0.2, 0.25) is 0 Å². The summed E-state index contributed by atoms with van der Waals surface area (Å²) in [6.07, 6.45) is 2.40. The fourth-order valence-corrected chi connectivity index (χ4v) is 2.62. The number of aromatic hydroxyl groups is 1. The van der Waals surface area contributed by atoms with Gasteiger partial charge in [0.1, 0.15) is 17.1 Å². The Kier molecular flexibility index (Phi) is 3.75. The Morgan fingerprint density at radius 3 is 2.79 bits per heavy atom. The summed E-state index contributed by atoms with van der Waals surface area (Å²) in [5.41, 5.74) is -0.327. The minimum Gasteiger partial charge on any atom is -0.508 e. The lowest BCUT2D eigenvalue weighted by Gasteiger charge is -2.41. The van der Waals surface area contributed by atoms with Gasteiger partial charge in [0.15, 0.2) is 0 Å². The van der Waals surface area contributed by atoms with E-state index in [4.69, 9.17) is 0 Å². The van der Waals surface area contributed by atoms with Crippen molar-refractivity contribution in [3.05, 3.63) is 29.6 Å². The molecule has 1 fully saturated rings. The summed E-state index contributed by atoms with van der Waals surface area (Å²) in [6, 6.07) is 3.84. The summed E-state index contributed by atoms with van der Waals surface area (Å²) in [4.78, 5) is 13.3. The number of nitrogens with zero attached hydrogens (tertiary/aromatic N) is 1. The molecule has 2 N–H and O–H groups in total. The molecule has 1 aromatic rings. The highest BCUT2D eigenvalue weighted by Crippen LogP contribution is 2.30. The van der Waals surface area contributed by atoms with E-state index in [-0.39, 0.29) is 5.75 Å². The van der Waals surface area contributed by atoms with E-state index in [1.165, 1.54) is 12.1 Å². The van der Waals surface area contributed by atoms with Gasteiger partial charge < -0.3 is 10.2 Å². The summed E-state index contributed by atoms with van der Waals surface area (Å²) in [7, 11) is 0. The summed E-state index contributed by atoms with van der Waals surface area (Å²) in [6.45, 7) is 2.70. The van der Waals surface area contributed by atoms with Crippen molar-refractivity contribution < 1.29 is 19.4 Å². The van der Waals surface area contributed by atoms with Crippen molar-refractivity contribution in [2.45, 2.75) is 38.3 Å². The monoisotopic (exact) mass is 267 g/mol. The number of carboxylic acid groups (broad SMARTS) is 1. The molecule has 0 aliphatic carbocycles. The van der Waals surface area contributed by atoms with Gasteiger partial charge in [0.25, 0.3) is 0 Å². The number of aliphatic carboxylic acids is 1. The maximum Gasteiger partial charge on any atom is 0.323 e. The van der Waals surface area contributed by atoms with Gasteiger partial charge in [-0.1, -0.05) is 0 Å². The average molecular weight is 267 g/mol. The first-order valence-electron chi connectivity index (χ1n) is 6.39. The fraction of sp³-hybridized carbons (Fsp3) is 0.500. The number of piperidine rings is 1. The Labute approximate surface area is 111 Å². The summed E-state index contributed by atoms with van der Waals surface area (Å²) in [5.74, 6) is -1.50. The number of halogens is 1. The molecule has 1 saturated heterocycles. The molecule has 1 atom stereocenters. The lowest BCUT2D eigenvalue weighted by atomic mass is 9.88. The number of carboxylic acids is 1. The standard InChI is InChI=1S/C14H18FNO3/c1-14(13(18)19)4-2-3-5-16(14)9-10-6-11(15)8-12(17)7-10/h6-8,17H,2-5,9H2,1H3,(H,18,19). The molecule has 1 aliphatic rings. The van der Waals surface area contributed by atoms with Gasteiger partial charge in [-0.25, -0.2) is 4.39 Å². The molecule has 0 aromatic heterocycles. The summed E-state index contributed by atoms with van der Waals surface area (Å²) >= 11 is 0. The van der Waals surface area contributed by atoms with E-state index in [0.29, 0.717) is 25.1 Å². The Balaban J connectivity index is 2.22. The minimum absolute atomic E-state index is 0.135. The SMILES string of the molecule is CC1(C(=O)O)CCCCN1Cc1cc(O)cc(F)c1. The van der Waals surface area contributed by atoms with Crippen molar-refractivity contribution in [1.82, 2.24) is 4.90 Å². The van der Waals surface area contributed by atoms with E-state index < -0.39 is 17.3 Å². The number of benzene rings is 1. The van der Waals surface area contributed by atoms with Crippen LogP contribution in [-0.2, 0) is 11.3 Å². The predicted octanol–water partition coefficient (Wildman–Crippen LogP) is 2.36. The lowest BCUT2D eigenvalue weighted by Crippen LogP contribution is -2.54. The largest absolute Gasteiger partial charge is 0.508 e. The normalized spacial score (nSPS) is 24.3. The second kappa shape index (κ2) is 5.17. The molecule has 1 unspecified atom stereocenters. The van der Waals surface area contributed by atoms with Crippen LogP contribution in [-0.4, -0.2) is 33.2 Å². The molecule has 0 amide bonds. The van der Waals surface area contributed by atoms with Crippen molar-refractivity contribution in [2.24, 2.45) is 0 Å². The number of carbonyl (C=O) groups is 1.